The maximum atomic E-state index is 6.03. The van der Waals surface area contributed by atoms with Crippen LogP contribution in [0.2, 0.25) is 0 Å². The molecule has 0 spiro atoms. The number of hydrogen-bond donors (Lipinski definition) is 1. The Morgan fingerprint density at radius 1 is 1.19 bits per heavy atom. The van der Waals surface area contributed by atoms with Crippen molar-refractivity contribution in [2.75, 3.05) is 33.4 Å². The Hall–Kier alpha value is -2.65. The molecule has 9 nitrogen and oxygen atoms in total. The van der Waals surface area contributed by atoms with Crippen molar-refractivity contribution in [3.63, 3.8) is 0 Å². The zero-order valence-electron chi connectivity index (χ0n) is 18.6. The predicted molar refractivity (Wildman–Crippen MR) is 117 cm³/mol. The van der Waals surface area contributed by atoms with Crippen LogP contribution in [0.25, 0.3) is 0 Å². The number of ether oxygens (including phenoxy) is 3. The molecule has 0 radical (unpaired) electrons. The molecular formula is C22H32N6O3. The number of aliphatic imine (C=N–C) groups is 1. The van der Waals surface area contributed by atoms with E-state index in [2.05, 4.69) is 20.4 Å². The standard InChI is InChI=1S/C22H32N6O3/c1-16-25-26-21(27(16)2)14-24-22(23-13-17-6-8-18(29-3)9-7-17)28-10-12-31-20(15-28)19-5-4-11-30-19/h6-9,19-20H,4-5,10-15H2,1-3H3,(H,23,24). The topological polar surface area (TPSA) is 86.0 Å². The number of nitrogens with one attached hydrogen (secondary N) is 1. The Morgan fingerprint density at radius 2 is 2.00 bits per heavy atom. The van der Waals surface area contributed by atoms with Gasteiger partial charge in [-0.3, -0.25) is 0 Å². The Morgan fingerprint density at radius 3 is 2.68 bits per heavy atom. The van der Waals surface area contributed by atoms with Gasteiger partial charge < -0.3 is 29.0 Å². The lowest BCUT2D eigenvalue weighted by Gasteiger charge is -2.37. The largest absolute Gasteiger partial charge is 0.497 e. The molecule has 0 bridgehead atoms. The van der Waals surface area contributed by atoms with Crippen LogP contribution in [0.4, 0.5) is 0 Å². The molecule has 2 saturated heterocycles. The van der Waals surface area contributed by atoms with Gasteiger partial charge in [0.1, 0.15) is 17.7 Å². The van der Waals surface area contributed by atoms with Crippen molar-refractivity contribution < 1.29 is 14.2 Å². The third-order valence-electron chi connectivity index (χ3n) is 5.93. The first-order chi connectivity index (χ1) is 15.1. The molecule has 168 valence electrons. The lowest BCUT2D eigenvalue weighted by molar-refractivity contribution is -0.0817. The maximum Gasteiger partial charge on any atom is 0.194 e. The van der Waals surface area contributed by atoms with Gasteiger partial charge in [-0.15, -0.1) is 10.2 Å². The lowest BCUT2D eigenvalue weighted by Crippen LogP contribution is -2.53. The van der Waals surface area contributed by atoms with Crippen molar-refractivity contribution in [3.8, 4) is 5.75 Å². The summed E-state index contributed by atoms with van der Waals surface area (Å²) in [5, 5.41) is 11.9. The van der Waals surface area contributed by atoms with Crippen LogP contribution < -0.4 is 10.1 Å². The number of rotatable bonds is 6. The minimum Gasteiger partial charge on any atom is -0.497 e. The highest BCUT2D eigenvalue weighted by molar-refractivity contribution is 5.80. The first kappa shape index (κ1) is 21.6. The van der Waals surface area contributed by atoms with Crippen LogP contribution in [0.5, 0.6) is 5.75 Å². The second-order valence-corrected chi connectivity index (χ2v) is 7.97. The fourth-order valence-electron chi connectivity index (χ4n) is 3.92. The third kappa shape index (κ3) is 5.34. The number of aromatic nitrogens is 3. The quantitative estimate of drug-likeness (QED) is 0.553. The van der Waals surface area contributed by atoms with Crippen LogP contribution in [-0.2, 0) is 29.6 Å². The van der Waals surface area contributed by atoms with Crippen molar-refractivity contribution in [2.24, 2.45) is 12.0 Å². The van der Waals surface area contributed by atoms with Crippen LogP contribution >= 0.6 is 0 Å². The molecule has 2 fully saturated rings. The van der Waals surface area contributed by atoms with Gasteiger partial charge in [-0.2, -0.15) is 0 Å². The van der Waals surface area contributed by atoms with Crippen molar-refractivity contribution >= 4 is 5.96 Å². The second kappa shape index (κ2) is 10.1. The summed E-state index contributed by atoms with van der Waals surface area (Å²) in [5.74, 6) is 3.45. The zero-order valence-corrected chi connectivity index (χ0v) is 18.6. The molecule has 2 aliphatic rings. The third-order valence-corrected chi connectivity index (χ3v) is 5.93. The molecule has 1 N–H and O–H groups in total. The Bertz CT molecular complexity index is 876. The maximum absolute atomic E-state index is 6.03. The van der Waals surface area contributed by atoms with Gasteiger partial charge in [0.05, 0.1) is 32.9 Å². The van der Waals surface area contributed by atoms with E-state index in [9.17, 15) is 0 Å². The van der Waals surface area contributed by atoms with E-state index < -0.39 is 0 Å². The first-order valence-corrected chi connectivity index (χ1v) is 10.9. The minimum atomic E-state index is 0.0707. The molecule has 2 aromatic rings. The highest BCUT2D eigenvalue weighted by Gasteiger charge is 2.32. The molecule has 1 aromatic heterocycles. The number of aryl methyl sites for hydroxylation is 1. The summed E-state index contributed by atoms with van der Waals surface area (Å²) in [6, 6.07) is 8.01. The van der Waals surface area contributed by atoms with Gasteiger partial charge in [-0.05, 0) is 37.5 Å². The van der Waals surface area contributed by atoms with E-state index in [1.54, 1.807) is 7.11 Å². The number of methoxy groups -OCH3 is 1. The molecule has 9 heteroatoms. The van der Waals surface area contributed by atoms with Crippen molar-refractivity contribution in [1.82, 2.24) is 25.0 Å². The summed E-state index contributed by atoms with van der Waals surface area (Å²) in [4.78, 5) is 7.19. The average molecular weight is 429 g/mol. The normalized spacial score (nSPS) is 22.0. The summed E-state index contributed by atoms with van der Waals surface area (Å²) in [6.45, 7) is 6.12. The fourth-order valence-corrected chi connectivity index (χ4v) is 3.92. The molecule has 2 unspecified atom stereocenters. The molecule has 1 aromatic carbocycles. The minimum absolute atomic E-state index is 0.0707. The number of guanidine groups is 1. The molecule has 0 amide bonds. The Kier molecular flexibility index (Phi) is 7.03. The van der Waals surface area contributed by atoms with E-state index in [4.69, 9.17) is 19.2 Å². The SMILES string of the molecule is COc1ccc(CN=C(NCc2nnc(C)n2C)N2CCOC(C3CCCO3)C2)cc1. The monoisotopic (exact) mass is 428 g/mol. The average Bonchev–Trinajstić information content (AvgIpc) is 3.46. The van der Waals surface area contributed by atoms with Crippen molar-refractivity contribution in [1.29, 1.82) is 0 Å². The van der Waals surface area contributed by atoms with Gasteiger partial charge in [-0.25, -0.2) is 4.99 Å². The number of nitrogens with zero attached hydrogens (tertiary/aromatic N) is 5. The highest BCUT2D eigenvalue weighted by Crippen LogP contribution is 2.21. The second-order valence-electron chi connectivity index (χ2n) is 7.97. The van der Waals surface area contributed by atoms with Gasteiger partial charge in [0, 0.05) is 26.7 Å². The summed E-state index contributed by atoms with van der Waals surface area (Å²) < 4.78 is 19.1. The van der Waals surface area contributed by atoms with Crippen LogP contribution in [0, 0.1) is 6.92 Å². The summed E-state index contributed by atoms with van der Waals surface area (Å²) >= 11 is 0. The Labute approximate surface area is 183 Å². The van der Waals surface area contributed by atoms with Crippen LogP contribution in [-0.4, -0.2) is 71.2 Å². The van der Waals surface area contributed by atoms with Crippen LogP contribution in [0.1, 0.15) is 30.1 Å². The fraction of sp³-hybridized carbons (Fsp3) is 0.591. The van der Waals surface area contributed by atoms with E-state index in [-0.39, 0.29) is 12.2 Å². The predicted octanol–water partition coefficient (Wildman–Crippen LogP) is 1.66. The molecule has 3 heterocycles. The van der Waals surface area contributed by atoms with Crippen LogP contribution in [0.3, 0.4) is 0 Å². The number of benzene rings is 1. The van der Waals surface area contributed by atoms with E-state index >= 15 is 0 Å². The summed E-state index contributed by atoms with van der Waals surface area (Å²) in [5.41, 5.74) is 1.12. The zero-order chi connectivity index (χ0) is 21.6. The van der Waals surface area contributed by atoms with Gasteiger partial charge in [-0.1, -0.05) is 12.1 Å². The van der Waals surface area contributed by atoms with Gasteiger partial charge in [0.15, 0.2) is 11.8 Å². The first-order valence-electron chi connectivity index (χ1n) is 10.9. The molecule has 2 aliphatic heterocycles. The Balaban J connectivity index is 1.48. The molecule has 0 saturated carbocycles. The van der Waals surface area contributed by atoms with E-state index in [0.29, 0.717) is 19.7 Å². The summed E-state index contributed by atoms with van der Waals surface area (Å²) in [6.07, 6.45) is 2.41. The summed E-state index contributed by atoms with van der Waals surface area (Å²) in [7, 11) is 3.65. The van der Waals surface area contributed by atoms with E-state index in [1.807, 2.05) is 42.8 Å². The van der Waals surface area contributed by atoms with E-state index in [1.165, 1.54) is 0 Å². The van der Waals surface area contributed by atoms with Gasteiger partial charge in [0.25, 0.3) is 0 Å². The van der Waals surface area contributed by atoms with Crippen LogP contribution in [0.15, 0.2) is 29.3 Å². The molecule has 0 aliphatic carbocycles. The smallest absolute Gasteiger partial charge is 0.194 e. The molecule has 31 heavy (non-hydrogen) atoms. The van der Waals surface area contributed by atoms with Crippen molar-refractivity contribution in [3.05, 3.63) is 41.5 Å². The highest BCUT2D eigenvalue weighted by atomic mass is 16.5. The van der Waals surface area contributed by atoms with Crippen molar-refractivity contribution in [2.45, 2.75) is 45.1 Å². The van der Waals surface area contributed by atoms with Gasteiger partial charge >= 0.3 is 0 Å². The number of morpholine rings is 1. The molecule has 4 rings (SSSR count). The van der Waals surface area contributed by atoms with E-state index in [0.717, 1.165) is 61.5 Å². The molecular weight excluding hydrogens is 396 g/mol. The molecule has 2 atom stereocenters. The lowest BCUT2D eigenvalue weighted by atomic mass is 10.1. The number of hydrogen-bond acceptors (Lipinski definition) is 6. The van der Waals surface area contributed by atoms with Gasteiger partial charge in [0.2, 0.25) is 0 Å².